The van der Waals surface area contributed by atoms with Crippen LogP contribution in [0.2, 0.25) is 0 Å². The van der Waals surface area contributed by atoms with Gasteiger partial charge in [-0.15, -0.1) is 0 Å². The van der Waals surface area contributed by atoms with Crippen LogP contribution in [0, 0.1) is 0 Å². The Bertz CT molecular complexity index is 629. The zero-order valence-corrected chi connectivity index (χ0v) is 10.7. The molecule has 0 saturated carbocycles. The van der Waals surface area contributed by atoms with E-state index in [2.05, 4.69) is 0 Å². The number of para-hydroxylation sites is 1. The number of amides is 1. The predicted octanol–water partition coefficient (Wildman–Crippen LogP) is 4.19. The lowest BCUT2D eigenvalue weighted by atomic mass is 10.0. The fourth-order valence-electron chi connectivity index (χ4n) is 1.77. The van der Waals surface area contributed by atoms with E-state index in [0.717, 1.165) is 0 Å². The maximum absolute atomic E-state index is 13.0. The van der Waals surface area contributed by atoms with Crippen molar-refractivity contribution in [1.29, 1.82) is 0 Å². The summed E-state index contributed by atoms with van der Waals surface area (Å²) >= 11 is 0. The van der Waals surface area contributed by atoms with E-state index < -0.39 is 18.3 Å². The van der Waals surface area contributed by atoms with E-state index in [1.165, 1.54) is 12.1 Å². The molecule has 0 aliphatic heterocycles. The Morgan fingerprint density at radius 1 is 0.952 bits per heavy atom. The smallest absolute Gasteiger partial charge is 0.320 e. The van der Waals surface area contributed by atoms with Crippen molar-refractivity contribution in [3.63, 3.8) is 0 Å². The molecule has 0 aromatic heterocycles. The van der Waals surface area contributed by atoms with Crippen molar-refractivity contribution in [3.05, 3.63) is 54.6 Å². The van der Waals surface area contributed by atoms with Gasteiger partial charge >= 0.3 is 18.3 Å². The first kappa shape index (κ1) is 15.0. The summed E-state index contributed by atoms with van der Waals surface area (Å²) in [6, 6.07) is 14.8. The summed E-state index contributed by atoms with van der Waals surface area (Å²) in [6.45, 7) is 0. The van der Waals surface area contributed by atoms with Gasteiger partial charge in [-0.1, -0.05) is 48.5 Å². The first-order valence-corrected chi connectivity index (χ1v) is 6.05. The quantitative estimate of drug-likeness (QED) is 0.842. The first-order chi connectivity index (χ1) is 9.93. The van der Waals surface area contributed by atoms with Crippen LogP contribution in [0.15, 0.2) is 54.6 Å². The number of carbonyl (C=O) groups excluding carboxylic acids is 1. The molecule has 0 atom stereocenters. The molecule has 0 heterocycles. The van der Waals surface area contributed by atoms with Crippen molar-refractivity contribution < 1.29 is 22.4 Å². The van der Waals surface area contributed by atoms with E-state index >= 15 is 0 Å². The third kappa shape index (κ3) is 3.21. The van der Waals surface area contributed by atoms with Gasteiger partial charge in [0.1, 0.15) is 0 Å². The van der Waals surface area contributed by atoms with E-state index in [9.17, 15) is 22.4 Å². The summed E-state index contributed by atoms with van der Waals surface area (Å²) in [4.78, 5) is 11.3. The molecule has 1 N–H and O–H groups in total. The maximum atomic E-state index is 13.0. The molecule has 0 fully saturated rings. The Morgan fingerprint density at radius 2 is 1.52 bits per heavy atom. The van der Waals surface area contributed by atoms with Gasteiger partial charge in [-0.05, 0) is 11.6 Å². The third-order valence-electron chi connectivity index (χ3n) is 2.84. The van der Waals surface area contributed by atoms with Crippen LogP contribution in [0.1, 0.15) is 0 Å². The highest BCUT2D eigenvalue weighted by Gasteiger charge is 2.49. The zero-order chi connectivity index (χ0) is 15.5. The molecule has 0 spiro atoms. The number of nitrogens with one attached hydrogen (secondary N) is 1. The molecule has 2 aromatic rings. The second kappa shape index (κ2) is 5.95. The molecule has 0 saturated heterocycles. The molecule has 0 aliphatic rings. The average Bonchev–Trinajstić information content (AvgIpc) is 2.48. The summed E-state index contributed by atoms with van der Waals surface area (Å²) in [6.07, 6.45) is -4.05. The zero-order valence-electron chi connectivity index (χ0n) is 10.7. The Kier molecular flexibility index (Phi) is 4.26. The van der Waals surface area contributed by atoms with Crippen molar-refractivity contribution >= 4 is 11.6 Å². The fraction of sp³-hybridized carbons (Fsp3) is 0.133. The summed E-state index contributed by atoms with van der Waals surface area (Å²) in [5, 5.41) is 1.86. The van der Waals surface area contributed by atoms with Crippen LogP contribution in [0.4, 0.5) is 23.2 Å². The van der Waals surface area contributed by atoms with Gasteiger partial charge < -0.3 is 5.32 Å². The normalized spacial score (nSPS) is 11.5. The van der Waals surface area contributed by atoms with Gasteiger partial charge in [0.15, 0.2) is 0 Å². The van der Waals surface area contributed by atoms with Gasteiger partial charge in [0, 0.05) is 11.3 Å². The van der Waals surface area contributed by atoms with E-state index in [1.807, 2.05) is 5.32 Å². The number of hydrogen-bond donors (Lipinski definition) is 1. The number of alkyl halides is 4. The molecule has 2 nitrogen and oxygen atoms in total. The van der Waals surface area contributed by atoms with Gasteiger partial charge in [0.25, 0.3) is 0 Å². The Balaban J connectivity index is 2.32. The van der Waals surface area contributed by atoms with Crippen LogP contribution in [-0.4, -0.2) is 18.3 Å². The summed E-state index contributed by atoms with van der Waals surface area (Å²) in [7, 11) is 0. The maximum Gasteiger partial charge on any atom is 0.383 e. The Hall–Kier alpha value is -2.37. The van der Waals surface area contributed by atoms with E-state index in [0.29, 0.717) is 11.1 Å². The molecule has 2 rings (SSSR count). The van der Waals surface area contributed by atoms with E-state index in [4.69, 9.17) is 0 Å². The van der Waals surface area contributed by atoms with Crippen molar-refractivity contribution in [2.24, 2.45) is 0 Å². The van der Waals surface area contributed by atoms with Crippen LogP contribution in [0.3, 0.4) is 0 Å². The van der Waals surface area contributed by atoms with Crippen molar-refractivity contribution in [3.8, 4) is 11.1 Å². The standard InChI is InChI=1S/C15H11F4NO/c16-13(17)15(18,19)14(21)20-12-9-5-4-8-11(12)10-6-2-1-3-7-10/h1-9,13H,(H,20,21). The largest absolute Gasteiger partial charge is 0.383 e. The Labute approximate surface area is 118 Å². The van der Waals surface area contributed by atoms with Gasteiger partial charge in [-0.2, -0.15) is 8.78 Å². The molecule has 21 heavy (non-hydrogen) atoms. The van der Waals surface area contributed by atoms with Crippen LogP contribution < -0.4 is 5.32 Å². The predicted molar refractivity (Wildman–Crippen MR) is 71.5 cm³/mol. The lowest BCUT2D eigenvalue weighted by Gasteiger charge is -2.16. The molecule has 6 heteroatoms. The molecule has 110 valence electrons. The third-order valence-corrected chi connectivity index (χ3v) is 2.84. The summed E-state index contributed by atoms with van der Waals surface area (Å²) < 4.78 is 50.4. The minimum Gasteiger partial charge on any atom is -0.320 e. The summed E-state index contributed by atoms with van der Waals surface area (Å²) in [5.74, 6) is -6.76. The van der Waals surface area contributed by atoms with Crippen molar-refractivity contribution in [2.75, 3.05) is 5.32 Å². The van der Waals surface area contributed by atoms with Crippen LogP contribution in [0.5, 0.6) is 0 Å². The van der Waals surface area contributed by atoms with Gasteiger partial charge in [-0.25, -0.2) is 8.78 Å². The molecule has 1 amide bonds. The molecule has 0 radical (unpaired) electrons. The van der Waals surface area contributed by atoms with Crippen LogP contribution >= 0.6 is 0 Å². The number of halogens is 4. The van der Waals surface area contributed by atoms with Gasteiger partial charge in [0.05, 0.1) is 0 Å². The number of rotatable bonds is 4. The SMILES string of the molecule is O=C(Nc1ccccc1-c1ccccc1)C(F)(F)C(F)F. The number of benzene rings is 2. The minimum atomic E-state index is -4.73. The Morgan fingerprint density at radius 3 is 2.14 bits per heavy atom. The molecular formula is C15H11F4NO. The average molecular weight is 297 g/mol. The molecule has 2 aromatic carbocycles. The number of hydrogen-bond acceptors (Lipinski definition) is 1. The second-order valence-electron chi connectivity index (χ2n) is 4.29. The molecular weight excluding hydrogens is 286 g/mol. The van der Waals surface area contributed by atoms with Crippen molar-refractivity contribution in [2.45, 2.75) is 12.3 Å². The highest BCUT2D eigenvalue weighted by atomic mass is 19.3. The first-order valence-electron chi connectivity index (χ1n) is 6.05. The monoisotopic (exact) mass is 297 g/mol. The number of carbonyl (C=O) groups is 1. The van der Waals surface area contributed by atoms with Crippen molar-refractivity contribution in [1.82, 2.24) is 0 Å². The molecule has 0 aliphatic carbocycles. The minimum absolute atomic E-state index is 0.0500. The lowest BCUT2D eigenvalue weighted by molar-refractivity contribution is -0.163. The number of anilines is 1. The fourth-order valence-corrected chi connectivity index (χ4v) is 1.77. The lowest BCUT2D eigenvalue weighted by Crippen LogP contribution is -2.41. The molecule has 0 unspecified atom stereocenters. The topological polar surface area (TPSA) is 29.1 Å². The van der Waals surface area contributed by atoms with Crippen LogP contribution in [0.25, 0.3) is 11.1 Å². The highest BCUT2D eigenvalue weighted by Crippen LogP contribution is 2.30. The van der Waals surface area contributed by atoms with E-state index in [1.54, 1.807) is 42.5 Å². The second-order valence-corrected chi connectivity index (χ2v) is 4.29. The highest BCUT2D eigenvalue weighted by molar-refractivity contribution is 5.99. The summed E-state index contributed by atoms with van der Waals surface area (Å²) in [5.41, 5.74) is 1.19. The van der Waals surface area contributed by atoms with Gasteiger partial charge in [0.2, 0.25) is 0 Å². The van der Waals surface area contributed by atoms with Gasteiger partial charge in [-0.3, -0.25) is 4.79 Å². The molecule has 0 bridgehead atoms. The van der Waals surface area contributed by atoms with Crippen LogP contribution in [-0.2, 0) is 4.79 Å². The van der Waals surface area contributed by atoms with E-state index in [-0.39, 0.29) is 5.69 Å².